The smallest absolute Gasteiger partial charge is 0.355 e. The van der Waals surface area contributed by atoms with Crippen LogP contribution in [-0.2, 0) is 20.7 Å². The van der Waals surface area contributed by atoms with E-state index in [9.17, 15) is 14.0 Å². The average molecular weight is 455 g/mol. The quantitative estimate of drug-likeness (QED) is 0.208. The first kappa shape index (κ1) is 24.9. The van der Waals surface area contributed by atoms with Gasteiger partial charge in [0, 0.05) is 6.42 Å². The number of cyclic esters (lactones) is 1. The first-order valence-corrected chi connectivity index (χ1v) is 12.2. The number of hydrogen-bond donors (Lipinski definition) is 0. The monoisotopic (exact) mass is 454 g/mol. The third-order valence-electron chi connectivity index (χ3n) is 6.38. The van der Waals surface area contributed by atoms with Gasteiger partial charge in [-0.2, -0.15) is 0 Å². The molecule has 0 bridgehead atoms. The van der Waals surface area contributed by atoms with Crippen LogP contribution in [0.1, 0.15) is 77.7 Å². The van der Waals surface area contributed by atoms with Gasteiger partial charge in [-0.3, -0.25) is 4.79 Å². The average Bonchev–Trinajstić information content (AvgIpc) is 3.11. The van der Waals surface area contributed by atoms with E-state index in [2.05, 4.69) is 13.8 Å². The molecule has 1 aliphatic rings. The predicted octanol–water partition coefficient (Wildman–Crippen LogP) is 7.03. The zero-order valence-electron chi connectivity index (χ0n) is 20.0. The van der Waals surface area contributed by atoms with E-state index in [-0.39, 0.29) is 17.7 Å². The number of esters is 2. The van der Waals surface area contributed by atoms with Crippen molar-refractivity contribution < 1.29 is 23.5 Å². The summed E-state index contributed by atoms with van der Waals surface area (Å²) >= 11 is 0. The van der Waals surface area contributed by atoms with Crippen molar-refractivity contribution in [2.75, 3.05) is 0 Å². The van der Waals surface area contributed by atoms with Gasteiger partial charge in [-0.05, 0) is 61.1 Å². The topological polar surface area (TPSA) is 52.6 Å². The lowest BCUT2D eigenvalue weighted by atomic mass is 9.92. The third kappa shape index (κ3) is 6.43. The van der Waals surface area contributed by atoms with E-state index in [1.165, 1.54) is 6.42 Å². The molecule has 3 rings (SSSR count). The normalized spacial score (nSPS) is 20.0. The van der Waals surface area contributed by atoms with Crippen LogP contribution >= 0.6 is 0 Å². The van der Waals surface area contributed by atoms with Crippen LogP contribution in [0, 0.1) is 11.7 Å². The summed E-state index contributed by atoms with van der Waals surface area (Å²) in [6, 6.07) is 12.3. The van der Waals surface area contributed by atoms with Crippen molar-refractivity contribution >= 4 is 11.9 Å². The van der Waals surface area contributed by atoms with Crippen molar-refractivity contribution in [3.8, 4) is 16.9 Å². The Kier molecular flexibility index (Phi) is 8.65. The lowest BCUT2D eigenvalue weighted by molar-refractivity contribution is -0.166. The Morgan fingerprint density at radius 1 is 1.03 bits per heavy atom. The van der Waals surface area contributed by atoms with E-state index in [4.69, 9.17) is 9.47 Å². The highest BCUT2D eigenvalue weighted by atomic mass is 19.1. The number of ether oxygens (including phenoxy) is 2. The van der Waals surface area contributed by atoms with Crippen molar-refractivity contribution in [1.82, 2.24) is 0 Å². The van der Waals surface area contributed by atoms with Crippen LogP contribution < -0.4 is 4.74 Å². The molecule has 0 unspecified atom stereocenters. The number of carbonyl (C=O) groups excluding carboxylic acids is 2. The summed E-state index contributed by atoms with van der Waals surface area (Å²) in [6.07, 6.45) is 8.19. The fraction of sp³-hybridized carbons (Fsp3) is 0.500. The fourth-order valence-corrected chi connectivity index (χ4v) is 4.30. The summed E-state index contributed by atoms with van der Waals surface area (Å²) in [5, 5.41) is 0. The summed E-state index contributed by atoms with van der Waals surface area (Å²) in [5.41, 5.74) is 1.10. The van der Waals surface area contributed by atoms with Gasteiger partial charge in [-0.25, -0.2) is 9.18 Å². The first-order valence-electron chi connectivity index (χ1n) is 12.2. The Balaban J connectivity index is 1.60. The van der Waals surface area contributed by atoms with Crippen LogP contribution in [0.2, 0.25) is 0 Å². The zero-order valence-corrected chi connectivity index (χ0v) is 20.0. The van der Waals surface area contributed by atoms with Gasteiger partial charge >= 0.3 is 11.9 Å². The number of hydrogen-bond acceptors (Lipinski definition) is 4. The standard InChI is InChI=1S/C28H35FO4/c1-4-6-8-9-11-21-12-13-22(18-25(21)29)20-14-16-24(17-15-20)32-27(31)28(3)19-23(10-7-5-2)26(30)33-28/h12-18,23H,4-11,19H2,1-3H3/t23-,28-/m0/s1. The molecule has 5 heteroatoms. The molecule has 1 aliphatic heterocycles. The van der Waals surface area contributed by atoms with Crippen LogP contribution in [0.25, 0.3) is 11.1 Å². The molecule has 178 valence electrons. The van der Waals surface area contributed by atoms with Crippen LogP contribution in [0.4, 0.5) is 4.39 Å². The Morgan fingerprint density at radius 2 is 1.73 bits per heavy atom. The van der Waals surface area contributed by atoms with Crippen molar-refractivity contribution in [2.45, 2.75) is 84.2 Å². The Hall–Kier alpha value is -2.69. The summed E-state index contributed by atoms with van der Waals surface area (Å²) in [5.74, 6) is -0.969. The van der Waals surface area contributed by atoms with Crippen LogP contribution in [0.15, 0.2) is 42.5 Å². The summed E-state index contributed by atoms with van der Waals surface area (Å²) in [4.78, 5) is 24.8. The van der Waals surface area contributed by atoms with Gasteiger partial charge in [0.05, 0.1) is 5.92 Å². The second-order valence-corrected chi connectivity index (χ2v) is 9.23. The molecular weight excluding hydrogens is 419 g/mol. The van der Waals surface area contributed by atoms with E-state index in [1.54, 1.807) is 37.3 Å². The molecule has 0 aliphatic carbocycles. The molecule has 0 saturated carbocycles. The lowest BCUT2D eigenvalue weighted by Gasteiger charge is -2.20. The summed E-state index contributed by atoms with van der Waals surface area (Å²) in [6.45, 7) is 5.84. The molecule has 0 radical (unpaired) electrons. The largest absolute Gasteiger partial charge is 0.447 e. The second-order valence-electron chi connectivity index (χ2n) is 9.23. The van der Waals surface area contributed by atoms with Gasteiger partial charge in [0.15, 0.2) is 0 Å². The highest BCUT2D eigenvalue weighted by molar-refractivity contribution is 5.88. The predicted molar refractivity (Wildman–Crippen MR) is 127 cm³/mol. The SMILES string of the molecule is CCCCCCc1ccc(-c2ccc(OC(=O)[C@]3(C)C[C@H](CCCC)C(=O)O3)cc2)cc1F. The molecule has 0 amide bonds. The maximum absolute atomic E-state index is 14.5. The van der Waals surface area contributed by atoms with Gasteiger partial charge in [-0.15, -0.1) is 0 Å². The number of benzene rings is 2. The Labute approximate surface area is 196 Å². The molecule has 33 heavy (non-hydrogen) atoms. The number of unbranched alkanes of at least 4 members (excludes halogenated alkanes) is 4. The summed E-state index contributed by atoms with van der Waals surface area (Å²) in [7, 11) is 0. The van der Waals surface area contributed by atoms with E-state index >= 15 is 0 Å². The van der Waals surface area contributed by atoms with E-state index < -0.39 is 11.6 Å². The number of halogens is 1. The zero-order chi connectivity index (χ0) is 23.8. The Bertz CT molecular complexity index is 953. The minimum absolute atomic E-state index is 0.187. The minimum atomic E-state index is -1.26. The molecule has 2 aromatic carbocycles. The molecule has 0 spiro atoms. The van der Waals surface area contributed by atoms with Crippen LogP contribution in [0.5, 0.6) is 5.75 Å². The molecule has 0 aromatic heterocycles. The van der Waals surface area contributed by atoms with E-state index in [0.717, 1.165) is 61.6 Å². The first-order chi connectivity index (χ1) is 15.9. The van der Waals surface area contributed by atoms with Gasteiger partial charge in [0.2, 0.25) is 5.60 Å². The molecular formula is C28H35FO4. The molecule has 0 N–H and O–H groups in total. The van der Waals surface area contributed by atoms with E-state index in [0.29, 0.717) is 12.2 Å². The van der Waals surface area contributed by atoms with Crippen LogP contribution in [-0.4, -0.2) is 17.5 Å². The minimum Gasteiger partial charge on any atom is -0.447 e. The maximum atomic E-state index is 14.5. The van der Waals surface area contributed by atoms with Gasteiger partial charge in [-0.1, -0.05) is 70.2 Å². The van der Waals surface area contributed by atoms with Crippen molar-refractivity contribution in [2.24, 2.45) is 5.92 Å². The highest BCUT2D eigenvalue weighted by Crippen LogP contribution is 2.35. The maximum Gasteiger partial charge on any atom is 0.355 e. The van der Waals surface area contributed by atoms with Crippen molar-refractivity contribution in [3.05, 3.63) is 53.8 Å². The number of aryl methyl sites for hydroxylation is 1. The van der Waals surface area contributed by atoms with Gasteiger partial charge in [0.25, 0.3) is 0 Å². The molecule has 1 fully saturated rings. The fourth-order valence-electron chi connectivity index (χ4n) is 4.30. The molecule has 4 nitrogen and oxygen atoms in total. The molecule has 2 atom stereocenters. The van der Waals surface area contributed by atoms with Crippen molar-refractivity contribution in [3.63, 3.8) is 0 Å². The van der Waals surface area contributed by atoms with Crippen LogP contribution in [0.3, 0.4) is 0 Å². The Morgan fingerprint density at radius 3 is 2.39 bits per heavy atom. The van der Waals surface area contributed by atoms with Crippen molar-refractivity contribution in [1.29, 1.82) is 0 Å². The molecule has 1 saturated heterocycles. The number of carbonyl (C=O) groups is 2. The lowest BCUT2D eigenvalue weighted by Crippen LogP contribution is -2.38. The second kappa shape index (κ2) is 11.4. The molecule has 2 aromatic rings. The third-order valence-corrected chi connectivity index (χ3v) is 6.38. The van der Waals surface area contributed by atoms with Gasteiger partial charge < -0.3 is 9.47 Å². The molecule has 1 heterocycles. The number of rotatable bonds is 11. The highest BCUT2D eigenvalue weighted by Gasteiger charge is 2.49. The van der Waals surface area contributed by atoms with E-state index in [1.807, 2.05) is 12.1 Å². The summed E-state index contributed by atoms with van der Waals surface area (Å²) < 4.78 is 25.4. The van der Waals surface area contributed by atoms with Gasteiger partial charge in [0.1, 0.15) is 11.6 Å².